The van der Waals surface area contributed by atoms with Gasteiger partial charge in [0.25, 0.3) is 0 Å². The Bertz CT molecular complexity index is 1030. The average molecular weight is 551 g/mol. The Labute approximate surface area is 214 Å². The van der Waals surface area contributed by atoms with Gasteiger partial charge in [-0.15, -0.1) is 0 Å². The van der Waals surface area contributed by atoms with E-state index in [1.807, 2.05) is 18.3 Å². The Morgan fingerprint density at radius 1 is 1.00 bits per heavy atom. The van der Waals surface area contributed by atoms with E-state index in [4.69, 9.17) is 24.5 Å². The maximum Gasteiger partial charge on any atom is 0.490 e. The number of pyridine rings is 2. The predicted molar refractivity (Wildman–Crippen MR) is 121 cm³/mol. The summed E-state index contributed by atoms with van der Waals surface area (Å²) in [6.45, 7) is 5.39. The van der Waals surface area contributed by atoms with Crippen molar-refractivity contribution in [3.8, 4) is 5.75 Å². The number of likely N-dealkylation sites (tertiary alicyclic amines) is 1. The molecule has 3 heterocycles. The van der Waals surface area contributed by atoms with Crippen molar-refractivity contribution in [2.45, 2.75) is 57.6 Å². The standard InChI is InChI=1S/C20H25N3O.2C2HF3O2/c1-16-4-2-5-17(22-16)15-23-10-7-20(8-11-23)12-19(13-20)24-18-6-3-9-21-14-18;2*3-2(4,5)1(6)7/h2-6,9,14,19H,7-8,10-13,15H2,1H3;2*(H,6,7). The normalized spacial score (nSPS) is 17.2. The first-order valence-electron chi connectivity index (χ1n) is 11.4. The number of hydrogen-bond acceptors (Lipinski definition) is 6. The summed E-state index contributed by atoms with van der Waals surface area (Å²) >= 11 is 0. The van der Waals surface area contributed by atoms with Crippen molar-refractivity contribution in [2.24, 2.45) is 5.41 Å². The highest BCUT2D eigenvalue weighted by molar-refractivity contribution is 5.73. The molecule has 2 aliphatic rings. The smallest absolute Gasteiger partial charge is 0.489 e. The fourth-order valence-electron chi connectivity index (χ4n) is 4.11. The van der Waals surface area contributed by atoms with Crippen molar-refractivity contribution < 1.29 is 50.9 Å². The Balaban J connectivity index is 0.000000301. The zero-order valence-electron chi connectivity index (χ0n) is 20.3. The summed E-state index contributed by atoms with van der Waals surface area (Å²) in [6.07, 6.45) is -1.25. The average Bonchev–Trinajstić information content (AvgIpc) is 2.80. The van der Waals surface area contributed by atoms with Crippen LogP contribution in [-0.4, -0.2) is 68.6 Å². The zero-order chi connectivity index (χ0) is 28.6. The fraction of sp³-hybridized carbons (Fsp3) is 0.500. The molecular formula is C24H27F6N3O5. The molecule has 1 saturated carbocycles. The van der Waals surface area contributed by atoms with Crippen LogP contribution in [-0.2, 0) is 16.1 Å². The molecule has 38 heavy (non-hydrogen) atoms. The number of alkyl halides is 6. The second kappa shape index (κ2) is 12.9. The predicted octanol–water partition coefficient (Wildman–Crippen LogP) is 4.88. The second-order valence-electron chi connectivity index (χ2n) is 8.99. The lowest BCUT2D eigenvalue weighted by Gasteiger charge is -2.51. The van der Waals surface area contributed by atoms with Crippen LogP contribution in [0.15, 0.2) is 42.7 Å². The Morgan fingerprint density at radius 3 is 2.00 bits per heavy atom. The van der Waals surface area contributed by atoms with Crippen LogP contribution in [0.25, 0.3) is 0 Å². The fourth-order valence-corrected chi connectivity index (χ4v) is 4.11. The minimum atomic E-state index is -5.08. The molecule has 2 fully saturated rings. The van der Waals surface area contributed by atoms with Gasteiger partial charge in [-0.05, 0) is 75.4 Å². The van der Waals surface area contributed by atoms with Gasteiger partial charge in [-0.1, -0.05) is 6.07 Å². The molecule has 0 unspecified atom stereocenters. The van der Waals surface area contributed by atoms with Crippen LogP contribution in [0.2, 0.25) is 0 Å². The van der Waals surface area contributed by atoms with Crippen molar-refractivity contribution in [2.75, 3.05) is 13.1 Å². The molecule has 0 aromatic carbocycles. The van der Waals surface area contributed by atoms with Gasteiger partial charge in [-0.3, -0.25) is 14.9 Å². The van der Waals surface area contributed by atoms with Gasteiger partial charge in [0.05, 0.1) is 18.0 Å². The molecule has 8 nitrogen and oxygen atoms in total. The summed E-state index contributed by atoms with van der Waals surface area (Å²) in [4.78, 5) is 29.1. The topological polar surface area (TPSA) is 113 Å². The number of halogens is 6. The van der Waals surface area contributed by atoms with Crippen molar-refractivity contribution in [1.29, 1.82) is 0 Å². The molecule has 4 rings (SSSR count). The number of aryl methyl sites for hydroxylation is 1. The van der Waals surface area contributed by atoms with E-state index in [0.29, 0.717) is 11.5 Å². The van der Waals surface area contributed by atoms with E-state index in [-0.39, 0.29) is 0 Å². The van der Waals surface area contributed by atoms with E-state index >= 15 is 0 Å². The number of carboxylic acid groups (broad SMARTS) is 2. The van der Waals surface area contributed by atoms with Gasteiger partial charge >= 0.3 is 24.3 Å². The number of aliphatic carboxylic acids is 2. The molecule has 1 saturated heterocycles. The van der Waals surface area contributed by atoms with Gasteiger partial charge in [0, 0.05) is 18.4 Å². The van der Waals surface area contributed by atoms with Crippen LogP contribution in [0, 0.1) is 12.3 Å². The summed E-state index contributed by atoms with van der Waals surface area (Å²) < 4.78 is 69.5. The number of hydrogen-bond donors (Lipinski definition) is 2. The van der Waals surface area contributed by atoms with Crippen LogP contribution < -0.4 is 4.74 Å². The third-order valence-corrected chi connectivity index (χ3v) is 5.99. The first-order chi connectivity index (χ1) is 17.6. The monoisotopic (exact) mass is 551 g/mol. The number of ether oxygens (including phenoxy) is 1. The largest absolute Gasteiger partial charge is 0.490 e. The quantitative estimate of drug-likeness (QED) is 0.518. The summed E-state index contributed by atoms with van der Waals surface area (Å²) in [7, 11) is 0. The lowest BCUT2D eigenvalue weighted by molar-refractivity contribution is -0.193. The van der Waals surface area contributed by atoms with Gasteiger partial charge in [-0.25, -0.2) is 9.59 Å². The number of rotatable bonds is 4. The van der Waals surface area contributed by atoms with Crippen molar-refractivity contribution in [3.05, 3.63) is 54.1 Å². The lowest BCUT2D eigenvalue weighted by atomic mass is 9.61. The molecule has 2 aromatic heterocycles. The first-order valence-corrected chi connectivity index (χ1v) is 11.4. The van der Waals surface area contributed by atoms with E-state index < -0.39 is 24.3 Å². The third-order valence-electron chi connectivity index (χ3n) is 5.99. The number of carbonyl (C=O) groups is 2. The molecule has 1 aliphatic carbocycles. The number of carboxylic acids is 2. The molecule has 0 amide bonds. The maximum absolute atomic E-state index is 10.6. The van der Waals surface area contributed by atoms with Crippen LogP contribution in [0.4, 0.5) is 26.3 Å². The minimum absolute atomic E-state index is 0.374. The number of piperidine rings is 1. The summed E-state index contributed by atoms with van der Waals surface area (Å²) in [5, 5.41) is 14.2. The Hall–Kier alpha value is -3.42. The van der Waals surface area contributed by atoms with E-state index in [9.17, 15) is 26.3 Å². The highest BCUT2D eigenvalue weighted by Crippen LogP contribution is 2.50. The van der Waals surface area contributed by atoms with Crippen molar-refractivity contribution >= 4 is 11.9 Å². The van der Waals surface area contributed by atoms with E-state index in [1.54, 1.807) is 6.20 Å². The van der Waals surface area contributed by atoms with Gasteiger partial charge in [0.1, 0.15) is 5.75 Å². The van der Waals surface area contributed by atoms with Crippen LogP contribution in [0.1, 0.15) is 37.1 Å². The second-order valence-corrected chi connectivity index (χ2v) is 8.99. The number of aromatic nitrogens is 2. The number of nitrogens with zero attached hydrogens (tertiary/aromatic N) is 3. The molecule has 0 bridgehead atoms. The molecule has 0 atom stereocenters. The van der Waals surface area contributed by atoms with Crippen LogP contribution in [0.5, 0.6) is 5.75 Å². The van der Waals surface area contributed by atoms with Crippen molar-refractivity contribution in [1.82, 2.24) is 14.9 Å². The van der Waals surface area contributed by atoms with Crippen LogP contribution in [0.3, 0.4) is 0 Å². The SMILES string of the molecule is Cc1cccc(CN2CCC3(CC2)CC(Oc2cccnc2)C3)n1.O=C(O)C(F)(F)F.O=C(O)C(F)(F)F. The van der Waals surface area contributed by atoms with Crippen LogP contribution >= 0.6 is 0 Å². The van der Waals surface area contributed by atoms with Gasteiger partial charge in [0.15, 0.2) is 0 Å². The molecular weight excluding hydrogens is 524 g/mol. The Kier molecular flexibility index (Phi) is 10.5. The molecule has 210 valence electrons. The molecule has 2 N–H and O–H groups in total. The maximum atomic E-state index is 10.6. The van der Waals surface area contributed by atoms with E-state index in [0.717, 1.165) is 18.0 Å². The highest BCUT2D eigenvalue weighted by atomic mass is 19.4. The summed E-state index contributed by atoms with van der Waals surface area (Å²) in [6, 6.07) is 10.2. The van der Waals surface area contributed by atoms with Gasteiger partial charge in [0.2, 0.25) is 0 Å². The van der Waals surface area contributed by atoms with Crippen molar-refractivity contribution in [3.63, 3.8) is 0 Å². The summed E-state index contributed by atoms with van der Waals surface area (Å²) in [5.41, 5.74) is 2.82. The molecule has 2 aromatic rings. The zero-order valence-corrected chi connectivity index (χ0v) is 20.3. The highest BCUT2D eigenvalue weighted by Gasteiger charge is 2.47. The lowest BCUT2D eigenvalue weighted by Crippen LogP contribution is -2.50. The van der Waals surface area contributed by atoms with Gasteiger partial charge in [-0.2, -0.15) is 26.3 Å². The van der Waals surface area contributed by atoms with E-state index in [2.05, 4.69) is 40.0 Å². The Morgan fingerprint density at radius 2 is 1.55 bits per heavy atom. The molecule has 14 heteroatoms. The first kappa shape index (κ1) is 30.8. The minimum Gasteiger partial charge on any atom is -0.489 e. The summed E-state index contributed by atoms with van der Waals surface area (Å²) in [5.74, 6) is -4.61. The van der Waals surface area contributed by atoms with Gasteiger partial charge < -0.3 is 14.9 Å². The van der Waals surface area contributed by atoms with E-state index in [1.165, 1.54) is 44.5 Å². The molecule has 1 aliphatic heterocycles. The molecule has 1 spiro atoms. The third kappa shape index (κ3) is 10.1. The molecule has 0 radical (unpaired) electrons.